The summed E-state index contributed by atoms with van der Waals surface area (Å²) in [6, 6.07) is 7.99. The van der Waals surface area contributed by atoms with Gasteiger partial charge >= 0.3 is 0 Å². The summed E-state index contributed by atoms with van der Waals surface area (Å²) in [4.78, 5) is 13.6. The Balaban J connectivity index is 2.50. The lowest BCUT2D eigenvalue weighted by Crippen LogP contribution is -2.39. The van der Waals surface area contributed by atoms with Gasteiger partial charge < -0.3 is 15.5 Å². The molecule has 0 aromatic heterocycles. The maximum Gasteiger partial charge on any atom is 0.237 e. The second-order valence-electron chi connectivity index (χ2n) is 4.29. The highest BCUT2D eigenvalue weighted by Gasteiger charge is 2.08. The molecular formula is C13H21N3O. The molecule has 94 valence electrons. The van der Waals surface area contributed by atoms with E-state index in [0.29, 0.717) is 6.54 Å². The molecule has 1 aromatic rings. The average Bonchev–Trinajstić information content (AvgIpc) is 2.35. The highest BCUT2D eigenvalue weighted by Crippen LogP contribution is 2.11. The van der Waals surface area contributed by atoms with Gasteiger partial charge in [0.05, 0.1) is 6.04 Å². The van der Waals surface area contributed by atoms with Crippen molar-refractivity contribution in [3.8, 4) is 0 Å². The van der Waals surface area contributed by atoms with E-state index in [1.165, 1.54) is 0 Å². The Kier molecular flexibility index (Phi) is 4.97. The molecule has 1 amide bonds. The molecule has 1 atom stereocenters. The zero-order valence-corrected chi connectivity index (χ0v) is 10.9. The molecule has 0 spiro atoms. The van der Waals surface area contributed by atoms with Gasteiger partial charge in [-0.25, -0.2) is 0 Å². The summed E-state index contributed by atoms with van der Waals surface area (Å²) in [5.74, 6) is 0.0178. The van der Waals surface area contributed by atoms with Crippen molar-refractivity contribution in [1.82, 2.24) is 10.6 Å². The number of rotatable bonds is 5. The Hall–Kier alpha value is -1.55. The molecule has 1 aromatic carbocycles. The fraction of sp³-hybridized carbons (Fsp3) is 0.462. The SMILES string of the molecule is CNC(C)C(=O)NCc1ccc(N(C)C)cc1. The lowest BCUT2D eigenvalue weighted by Gasteiger charge is -2.14. The van der Waals surface area contributed by atoms with E-state index in [-0.39, 0.29) is 11.9 Å². The van der Waals surface area contributed by atoms with E-state index >= 15 is 0 Å². The normalized spacial score (nSPS) is 12.0. The van der Waals surface area contributed by atoms with Crippen LogP contribution >= 0.6 is 0 Å². The zero-order valence-electron chi connectivity index (χ0n) is 10.9. The van der Waals surface area contributed by atoms with Crippen LogP contribution in [0.2, 0.25) is 0 Å². The van der Waals surface area contributed by atoms with E-state index in [4.69, 9.17) is 0 Å². The van der Waals surface area contributed by atoms with Gasteiger partial charge in [0.1, 0.15) is 0 Å². The molecule has 0 aliphatic rings. The van der Waals surface area contributed by atoms with Crippen LogP contribution < -0.4 is 15.5 Å². The minimum atomic E-state index is -0.156. The fourth-order valence-electron chi connectivity index (χ4n) is 1.39. The first kappa shape index (κ1) is 13.5. The summed E-state index contributed by atoms with van der Waals surface area (Å²) in [5, 5.41) is 5.79. The summed E-state index contributed by atoms with van der Waals surface area (Å²) >= 11 is 0. The number of amides is 1. The van der Waals surface area contributed by atoms with E-state index in [1.54, 1.807) is 7.05 Å². The average molecular weight is 235 g/mol. The van der Waals surface area contributed by atoms with Crippen LogP contribution in [0.1, 0.15) is 12.5 Å². The van der Waals surface area contributed by atoms with Crippen molar-refractivity contribution in [1.29, 1.82) is 0 Å². The Labute approximate surface area is 103 Å². The summed E-state index contributed by atoms with van der Waals surface area (Å²) in [5.41, 5.74) is 2.26. The molecule has 0 radical (unpaired) electrons. The first-order valence-corrected chi connectivity index (χ1v) is 5.76. The van der Waals surface area contributed by atoms with Gasteiger partial charge in [0.2, 0.25) is 5.91 Å². The van der Waals surface area contributed by atoms with Crippen LogP contribution in [0.25, 0.3) is 0 Å². The molecule has 0 heterocycles. The van der Waals surface area contributed by atoms with Gasteiger partial charge in [-0.05, 0) is 31.7 Å². The van der Waals surface area contributed by atoms with E-state index in [0.717, 1.165) is 11.3 Å². The summed E-state index contributed by atoms with van der Waals surface area (Å²) < 4.78 is 0. The minimum absolute atomic E-state index is 0.0178. The predicted octanol–water partition coefficient (Wildman–Crippen LogP) is 0.977. The molecule has 4 nitrogen and oxygen atoms in total. The van der Waals surface area contributed by atoms with E-state index in [1.807, 2.05) is 50.2 Å². The number of carbonyl (C=O) groups excluding carboxylic acids is 1. The lowest BCUT2D eigenvalue weighted by molar-refractivity contribution is -0.122. The third kappa shape index (κ3) is 4.07. The molecule has 0 fully saturated rings. The standard InChI is InChI=1S/C13H21N3O/c1-10(14-2)13(17)15-9-11-5-7-12(8-6-11)16(3)4/h5-8,10,14H,9H2,1-4H3,(H,15,17). The van der Waals surface area contributed by atoms with Crippen molar-refractivity contribution in [3.63, 3.8) is 0 Å². The van der Waals surface area contributed by atoms with Crippen molar-refractivity contribution in [2.24, 2.45) is 0 Å². The molecule has 0 aliphatic carbocycles. The largest absolute Gasteiger partial charge is 0.378 e. The molecule has 1 rings (SSSR count). The third-order valence-electron chi connectivity index (χ3n) is 2.75. The van der Waals surface area contributed by atoms with Crippen LogP contribution in [0.5, 0.6) is 0 Å². The Morgan fingerprint density at radius 1 is 1.29 bits per heavy atom. The molecule has 0 saturated heterocycles. The molecule has 0 saturated carbocycles. The Morgan fingerprint density at radius 3 is 2.35 bits per heavy atom. The van der Waals surface area contributed by atoms with Crippen LogP contribution in [0.3, 0.4) is 0 Å². The van der Waals surface area contributed by atoms with Gasteiger partial charge in [-0.15, -0.1) is 0 Å². The van der Waals surface area contributed by atoms with Crippen LogP contribution in [0.15, 0.2) is 24.3 Å². The number of hydrogen-bond donors (Lipinski definition) is 2. The number of benzene rings is 1. The van der Waals surface area contributed by atoms with Crippen LogP contribution in [0.4, 0.5) is 5.69 Å². The molecule has 4 heteroatoms. The lowest BCUT2D eigenvalue weighted by atomic mass is 10.2. The maximum absolute atomic E-state index is 11.5. The van der Waals surface area contributed by atoms with E-state index < -0.39 is 0 Å². The van der Waals surface area contributed by atoms with Crippen molar-refractivity contribution >= 4 is 11.6 Å². The van der Waals surface area contributed by atoms with Crippen LogP contribution in [-0.4, -0.2) is 33.1 Å². The first-order chi connectivity index (χ1) is 8.04. The van der Waals surface area contributed by atoms with E-state index in [9.17, 15) is 4.79 Å². The maximum atomic E-state index is 11.5. The number of nitrogens with zero attached hydrogens (tertiary/aromatic N) is 1. The summed E-state index contributed by atoms with van der Waals surface area (Å²) in [6.07, 6.45) is 0. The third-order valence-corrected chi connectivity index (χ3v) is 2.75. The molecule has 2 N–H and O–H groups in total. The minimum Gasteiger partial charge on any atom is -0.378 e. The molecular weight excluding hydrogens is 214 g/mol. The molecule has 1 unspecified atom stereocenters. The smallest absolute Gasteiger partial charge is 0.237 e. The monoisotopic (exact) mass is 235 g/mol. The number of likely N-dealkylation sites (N-methyl/N-ethyl adjacent to an activating group) is 1. The number of nitrogens with one attached hydrogen (secondary N) is 2. The highest BCUT2D eigenvalue weighted by molar-refractivity contribution is 5.81. The van der Waals surface area contributed by atoms with Crippen molar-refractivity contribution in [2.75, 3.05) is 26.0 Å². The second-order valence-corrected chi connectivity index (χ2v) is 4.29. The Morgan fingerprint density at radius 2 is 1.88 bits per heavy atom. The number of hydrogen-bond acceptors (Lipinski definition) is 3. The fourth-order valence-corrected chi connectivity index (χ4v) is 1.39. The van der Waals surface area contributed by atoms with Gasteiger partial charge in [0.15, 0.2) is 0 Å². The molecule has 0 aliphatic heterocycles. The van der Waals surface area contributed by atoms with Crippen molar-refractivity contribution < 1.29 is 4.79 Å². The second kappa shape index (κ2) is 6.25. The van der Waals surface area contributed by atoms with Crippen molar-refractivity contribution in [2.45, 2.75) is 19.5 Å². The highest BCUT2D eigenvalue weighted by atomic mass is 16.2. The van der Waals surface area contributed by atoms with Gasteiger partial charge in [-0.2, -0.15) is 0 Å². The van der Waals surface area contributed by atoms with Gasteiger partial charge in [0, 0.05) is 26.3 Å². The van der Waals surface area contributed by atoms with Crippen LogP contribution in [0, 0.1) is 0 Å². The molecule has 0 bridgehead atoms. The van der Waals surface area contributed by atoms with Crippen LogP contribution in [-0.2, 0) is 11.3 Å². The summed E-state index contributed by atoms with van der Waals surface area (Å²) in [7, 11) is 5.78. The molecule has 17 heavy (non-hydrogen) atoms. The number of anilines is 1. The number of carbonyl (C=O) groups is 1. The quantitative estimate of drug-likeness (QED) is 0.799. The van der Waals surface area contributed by atoms with E-state index in [2.05, 4.69) is 10.6 Å². The Bertz CT molecular complexity index is 359. The van der Waals surface area contributed by atoms with Gasteiger partial charge in [-0.3, -0.25) is 4.79 Å². The van der Waals surface area contributed by atoms with Gasteiger partial charge in [-0.1, -0.05) is 12.1 Å². The topological polar surface area (TPSA) is 44.4 Å². The predicted molar refractivity (Wildman–Crippen MR) is 71.1 cm³/mol. The van der Waals surface area contributed by atoms with Gasteiger partial charge in [0.25, 0.3) is 0 Å². The van der Waals surface area contributed by atoms with Crippen molar-refractivity contribution in [3.05, 3.63) is 29.8 Å². The first-order valence-electron chi connectivity index (χ1n) is 5.76. The summed E-state index contributed by atoms with van der Waals surface area (Å²) in [6.45, 7) is 2.41. The zero-order chi connectivity index (χ0) is 12.8.